The minimum Gasteiger partial charge on any atom is -0.457 e. The zero-order valence-electron chi connectivity index (χ0n) is 31.2. The normalized spacial score (nSPS) is 14.6. The van der Waals surface area contributed by atoms with Crippen molar-refractivity contribution < 1.29 is 43.0 Å². The number of ether oxygens (including phenoxy) is 2. The Kier molecular flexibility index (Phi) is 35.5. The van der Waals surface area contributed by atoms with Crippen molar-refractivity contribution in [3.8, 4) is 0 Å². The van der Waals surface area contributed by atoms with E-state index in [1.54, 1.807) is 0 Å². The van der Waals surface area contributed by atoms with Crippen LogP contribution in [-0.2, 0) is 27.9 Å². The van der Waals surface area contributed by atoms with E-state index >= 15 is 0 Å². The SMILES string of the molecule is CCCCC/C=C\C/C=C\CCCCCCCC(=O)OC(COCCCCCCCC/C=C\CCCCC)COP(=O)(O)OCC(O)CO. The number of phosphoric ester groups is 1. The molecule has 3 unspecified atom stereocenters. The lowest BCUT2D eigenvalue weighted by atomic mass is 10.1. The third kappa shape index (κ3) is 36.3. The number of unbranched alkanes of at least 4 members (excludes halogenated alkanes) is 17. The molecule has 0 rings (SSSR count). The van der Waals surface area contributed by atoms with Crippen molar-refractivity contribution in [3.63, 3.8) is 0 Å². The van der Waals surface area contributed by atoms with Crippen LogP contribution in [0.5, 0.6) is 0 Å². The number of carbonyl (C=O) groups is 1. The van der Waals surface area contributed by atoms with E-state index in [9.17, 15) is 19.4 Å². The molecule has 0 aromatic heterocycles. The van der Waals surface area contributed by atoms with E-state index in [0.717, 1.165) is 64.2 Å². The van der Waals surface area contributed by atoms with Gasteiger partial charge in [0.05, 0.1) is 26.4 Å². The minimum atomic E-state index is -4.52. The largest absolute Gasteiger partial charge is 0.472 e. The summed E-state index contributed by atoms with van der Waals surface area (Å²) in [4.78, 5) is 22.5. The van der Waals surface area contributed by atoms with Gasteiger partial charge in [0.1, 0.15) is 12.2 Å². The van der Waals surface area contributed by atoms with E-state index in [1.807, 2.05) is 0 Å². The van der Waals surface area contributed by atoms with Gasteiger partial charge >= 0.3 is 13.8 Å². The maximum Gasteiger partial charge on any atom is 0.472 e. The standard InChI is InChI=1S/C39H73O9P/c1-3-5-7-9-11-13-15-17-18-19-21-23-25-27-29-31-39(42)48-38(36-47-49(43,44)46-34-37(41)33-40)35-45-32-30-28-26-24-22-20-16-14-12-10-8-6-4-2/h11-14,17-18,37-38,40-41H,3-10,15-16,19-36H2,1-2H3,(H,43,44)/b13-11-,14-12-,18-17-. The van der Waals surface area contributed by atoms with E-state index < -0.39 is 39.2 Å². The molecule has 0 radical (unpaired) electrons. The van der Waals surface area contributed by atoms with Crippen LogP contribution >= 0.6 is 7.82 Å². The number of hydrogen-bond acceptors (Lipinski definition) is 8. The Bertz CT molecular complexity index is 861. The molecule has 0 fully saturated rings. The van der Waals surface area contributed by atoms with E-state index in [4.69, 9.17) is 23.6 Å². The van der Waals surface area contributed by atoms with Gasteiger partial charge in [0.25, 0.3) is 0 Å². The Morgan fingerprint density at radius 2 is 1.10 bits per heavy atom. The highest BCUT2D eigenvalue weighted by Gasteiger charge is 2.26. The first-order chi connectivity index (χ1) is 23.8. The molecule has 0 saturated heterocycles. The third-order valence-electron chi connectivity index (χ3n) is 8.05. The van der Waals surface area contributed by atoms with Crippen molar-refractivity contribution in [1.29, 1.82) is 0 Å². The summed E-state index contributed by atoms with van der Waals surface area (Å²) in [5, 5.41) is 18.3. The van der Waals surface area contributed by atoms with Crippen molar-refractivity contribution in [1.82, 2.24) is 0 Å². The van der Waals surface area contributed by atoms with E-state index in [0.29, 0.717) is 13.0 Å². The molecule has 0 saturated carbocycles. The zero-order chi connectivity index (χ0) is 36.1. The molecule has 288 valence electrons. The Balaban J connectivity index is 4.27. The quantitative estimate of drug-likeness (QED) is 0.0249. The fourth-order valence-electron chi connectivity index (χ4n) is 5.03. The lowest BCUT2D eigenvalue weighted by Gasteiger charge is -2.20. The number of carbonyl (C=O) groups excluding carboxylic acids is 1. The minimum absolute atomic E-state index is 0.0394. The predicted molar refractivity (Wildman–Crippen MR) is 200 cm³/mol. The summed E-state index contributed by atoms with van der Waals surface area (Å²) in [6, 6.07) is 0. The van der Waals surface area contributed by atoms with Crippen LogP contribution in [0, 0.1) is 0 Å². The summed E-state index contributed by atoms with van der Waals surface area (Å²) >= 11 is 0. The fourth-order valence-corrected chi connectivity index (χ4v) is 5.81. The van der Waals surface area contributed by atoms with Gasteiger partial charge in [0, 0.05) is 13.0 Å². The van der Waals surface area contributed by atoms with Gasteiger partial charge < -0.3 is 24.6 Å². The van der Waals surface area contributed by atoms with Gasteiger partial charge in [-0.15, -0.1) is 0 Å². The summed E-state index contributed by atoms with van der Waals surface area (Å²) in [7, 11) is -4.52. The molecular formula is C39H73O9P. The summed E-state index contributed by atoms with van der Waals surface area (Å²) in [5.74, 6) is -0.400. The van der Waals surface area contributed by atoms with Crippen LogP contribution < -0.4 is 0 Å². The van der Waals surface area contributed by atoms with Crippen LogP contribution in [0.4, 0.5) is 0 Å². The number of phosphoric acid groups is 1. The molecule has 10 heteroatoms. The molecule has 9 nitrogen and oxygen atoms in total. The number of allylic oxidation sites excluding steroid dienone is 6. The Morgan fingerprint density at radius 3 is 1.65 bits per heavy atom. The van der Waals surface area contributed by atoms with Crippen LogP contribution in [0.25, 0.3) is 0 Å². The monoisotopic (exact) mass is 716 g/mol. The molecule has 0 aliphatic rings. The topological polar surface area (TPSA) is 132 Å². The smallest absolute Gasteiger partial charge is 0.457 e. The summed E-state index contributed by atoms with van der Waals surface area (Å²) in [6.45, 7) is 3.43. The van der Waals surface area contributed by atoms with Gasteiger partial charge in [-0.25, -0.2) is 4.57 Å². The first-order valence-corrected chi connectivity index (χ1v) is 21.0. The van der Waals surface area contributed by atoms with E-state index in [-0.39, 0.29) is 19.6 Å². The Labute approximate surface area is 299 Å². The van der Waals surface area contributed by atoms with Gasteiger partial charge in [0.2, 0.25) is 0 Å². The predicted octanol–water partition coefficient (Wildman–Crippen LogP) is 10.1. The first-order valence-electron chi connectivity index (χ1n) is 19.5. The molecular weight excluding hydrogens is 643 g/mol. The molecule has 0 spiro atoms. The molecule has 0 aromatic carbocycles. The molecule has 0 aromatic rings. The maximum absolute atomic E-state index is 12.6. The van der Waals surface area contributed by atoms with Gasteiger partial charge in [-0.2, -0.15) is 0 Å². The second-order valence-corrected chi connectivity index (χ2v) is 14.4. The second-order valence-electron chi connectivity index (χ2n) is 12.9. The van der Waals surface area contributed by atoms with Crippen molar-refractivity contribution in [3.05, 3.63) is 36.5 Å². The fraction of sp³-hybridized carbons (Fsp3) is 0.821. The molecule has 0 amide bonds. The summed E-state index contributed by atoms with van der Waals surface area (Å²) in [5.41, 5.74) is 0. The highest BCUT2D eigenvalue weighted by molar-refractivity contribution is 7.47. The van der Waals surface area contributed by atoms with Crippen molar-refractivity contribution in [2.45, 2.75) is 174 Å². The lowest BCUT2D eigenvalue weighted by molar-refractivity contribution is -0.154. The van der Waals surface area contributed by atoms with E-state index in [1.165, 1.54) is 70.6 Å². The van der Waals surface area contributed by atoms with Crippen LogP contribution in [0.1, 0.15) is 162 Å². The van der Waals surface area contributed by atoms with Crippen LogP contribution in [0.3, 0.4) is 0 Å². The summed E-state index contributed by atoms with van der Waals surface area (Å²) < 4.78 is 33.2. The second kappa shape index (κ2) is 36.5. The molecule has 0 heterocycles. The Hall–Kier alpha value is -1.32. The number of aliphatic hydroxyl groups is 2. The van der Waals surface area contributed by atoms with Crippen molar-refractivity contribution in [2.24, 2.45) is 0 Å². The highest BCUT2D eigenvalue weighted by Crippen LogP contribution is 2.43. The maximum atomic E-state index is 12.6. The highest BCUT2D eigenvalue weighted by atomic mass is 31.2. The van der Waals surface area contributed by atoms with Crippen molar-refractivity contribution >= 4 is 13.8 Å². The molecule has 0 aliphatic carbocycles. The average molecular weight is 717 g/mol. The van der Waals surface area contributed by atoms with Gasteiger partial charge in [-0.05, 0) is 70.6 Å². The first kappa shape index (κ1) is 47.7. The van der Waals surface area contributed by atoms with Crippen LogP contribution in [-0.4, -0.2) is 66.3 Å². The Morgan fingerprint density at radius 1 is 0.633 bits per heavy atom. The molecule has 3 N–H and O–H groups in total. The van der Waals surface area contributed by atoms with Gasteiger partial charge in [-0.3, -0.25) is 13.8 Å². The van der Waals surface area contributed by atoms with Crippen LogP contribution in [0.15, 0.2) is 36.5 Å². The number of esters is 1. The van der Waals surface area contributed by atoms with Gasteiger partial charge in [0.15, 0.2) is 0 Å². The molecule has 3 atom stereocenters. The number of aliphatic hydroxyl groups excluding tert-OH is 2. The summed E-state index contributed by atoms with van der Waals surface area (Å²) in [6.07, 6.45) is 36.7. The van der Waals surface area contributed by atoms with Crippen molar-refractivity contribution in [2.75, 3.05) is 33.0 Å². The van der Waals surface area contributed by atoms with E-state index in [2.05, 4.69) is 50.3 Å². The average Bonchev–Trinajstić information content (AvgIpc) is 3.09. The lowest BCUT2D eigenvalue weighted by Crippen LogP contribution is -2.29. The third-order valence-corrected chi connectivity index (χ3v) is 9.00. The molecule has 49 heavy (non-hydrogen) atoms. The number of hydrogen-bond donors (Lipinski definition) is 3. The van der Waals surface area contributed by atoms with Gasteiger partial charge in [-0.1, -0.05) is 121 Å². The molecule has 0 aliphatic heterocycles. The zero-order valence-corrected chi connectivity index (χ0v) is 32.1. The van der Waals surface area contributed by atoms with Crippen LogP contribution in [0.2, 0.25) is 0 Å². The molecule has 0 bridgehead atoms. The number of rotatable bonds is 37.